The van der Waals surface area contributed by atoms with Crippen molar-refractivity contribution in [3.8, 4) is 0 Å². The molecule has 0 bridgehead atoms. The summed E-state index contributed by atoms with van der Waals surface area (Å²) in [4.78, 5) is 13.4. The van der Waals surface area contributed by atoms with Gasteiger partial charge >= 0.3 is 5.69 Å². The highest BCUT2D eigenvalue weighted by molar-refractivity contribution is 6.32. The molecule has 1 heterocycles. The molecule has 1 aromatic heterocycles. The molecule has 0 fully saturated rings. The number of hydrogen-bond acceptors (Lipinski definition) is 3. The summed E-state index contributed by atoms with van der Waals surface area (Å²) in [6, 6.07) is 1.46. The highest BCUT2D eigenvalue weighted by atomic mass is 35.5. The summed E-state index contributed by atoms with van der Waals surface area (Å²) in [7, 11) is 0. The van der Waals surface area contributed by atoms with Gasteiger partial charge in [-0.2, -0.15) is 0 Å². The normalized spacial score (nSPS) is 9.64. The zero-order chi connectivity index (χ0) is 8.43. The fourth-order valence-corrected chi connectivity index (χ4v) is 0.929. The van der Waals surface area contributed by atoms with Crippen molar-refractivity contribution in [2.45, 2.75) is 6.92 Å². The smallest absolute Gasteiger partial charge is 0.258 e. The van der Waals surface area contributed by atoms with Crippen LogP contribution in [-0.4, -0.2) is 9.91 Å². The summed E-state index contributed by atoms with van der Waals surface area (Å²) < 4.78 is 0. The van der Waals surface area contributed by atoms with Gasteiger partial charge in [-0.1, -0.05) is 11.6 Å². The second kappa shape index (κ2) is 2.84. The third-order valence-corrected chi connectivity index (χ3v) is 1.47. The molecule has 0 aliphatic carbocycles. The Bertz CT molecular complexity index is 301. The molecular formula is C6H5ClN2O2. The van der Waals surface area contributed by atoms with Crippen molar-refractivity contribution >= 4 is 17.3 Å². The van der Waals surface area contributed by atoms with E-state index in [0.717, 1.165) is 6.20 Å². The molecule has 5 heteroatoms. The van der Waals surface area contributed by atoms with Crippen molar-refractivity contribution in [1.29, 1.82) is 0 Å². The largest absolute Gasteiger partial charge is 0.306 e. The summed E-state index contributed by atoms with van der Waals surface area (Å²) in [5.74, 6) is 0. The molecule has 0 saturated heterocycles. The Kier molecular flexibility index (Phi) is 2.05. The molecule has 0 aliphatic rings. The highest BCUT2D eigenvalue weighted by Gasteiger charge is 2.11. The molecule has 0 N–H and O–H groups in total. The fourth-order valence-electron chi connectivity index (χ4n) is 0.654. The molecule has 0 aromatic carbocycles. The molecule has 0 unspecified atom stereocenters. The molecule has 1 aromatic rings. The van der Waals surface area contributed by atoms with E-state index in [1.807, 2.05) is 0 Å². The monoisotopic (exact) mass is 172 g/mol. The lowest BCUT2D eigenvalue weighted by molar-refractivity contribution is -0.385. The van der Waals surface area contributed by atoms with E-state index in [-0.39, 0.29) is 10.7 Å². The van der Waals surface area contributed by atoms with Gasteiger partial charge in [-0.15, -0.1) is 0 Å². The zero-order valence-electron chi connectivity index (χ0n) is 5.74. The van der Waals surface area contributed by atoms with Gasteiger partial charge in [0.25, 0.3) is 0 Å². The van der Waals surface area contributed by atoms with Crippen molar-refractivity contribution in [1.82, 2.24) is 4.98 Å². The van der Waals surface area contributed by atoms with Crippen LogP contribution in [0.25, 0.3) is 0 Å². The van der Waals surface area contributed by atoms with Gasteiger partial charge < -0.3 is 0 Å². The molecule has 0 saturated carbocycles. The Hall–Kier alpha value is -1.16. The van der Waals surface area contributed by atoms with Crippen molar-refractivity contribution in [3.05, 3.63) is 33.1 Å². The van der Waals surface area contributed by atoms with Crippen LogP contribution < -0.4 is 0 Å². The maximum Gasteiger partial charge on any atom is 0.306 e. The van der Waals surface area contributed by atoms with Gasteiger partial charge in [0.05, 0.1) is 4.92 Å². The minimum atomic E-state index is -0.561. The van der Waals surface area contributed by atoms with Crippen molar-refractivity contribution in [2.24, 2.45) is 0 Å². The quantitative estimate of drug-likeness (QED) is 0.481. The molecule has 1 rings (SSSR count). The van der Waals surface area contributed by atoms with E-state index >= 15 is 0 Å². The Balaban J connectivity index is 3.20. The van der Waals surface area contributed by atoms with Crippen molar-refractivity contribution in [3.63, 3.8) is 0 Å². The lowest BCUT2D eigenvalue weighted by Gasteiger charge is -1.94. The molecule has 11 heavy (non-hydrogen) atoms. The van der Waals surface area contributed by atoms with Crippen LogP contribution in [0.5, 0.6) is 0 Å². The van der Waals surface area contributed by atoms with Gasteiger partial charge in [0.1, 0.15) is 11.2 Å². The van der Waals surface area contributed by atoms with Crippen LogP contribution in [0.15, 0.2) is 12.3 Å². The lowest BCUT2D eigenvalue weighted by atomic mass is 10.3. The molecule has 0 atom stereocenters. The van der Waals surface area contributed by atoms with E-state index in [4.69, 9.17) is 11.6 Å². The number of rotatable bonds is 1. The maximum absolute atomic E-state index is 10.2. The standard InChI is InChI=1S/C6H5ClN2O2/c1-4-2-5(7)6(3-8-4)9(10)11/h2-3H,1H3. The first-order valence-corrected chi connectivity index (χ1v) is 3.25. The molecule has 0 radical (unpaired) electrons. The molecule has 0 aliphatic heterocycles. The zero-order valence-corrected chi connectivity index (χ0v) is 6.50. The van der Waals surface area contributed by atoms with E-state index in [1.54, 1.807) is 6.92 Å². The molecule has 0 spiro atoms. The minimum Gasteiger partial charge on any atom is -0.258 e. The van der Waals surface area contributed by atoms with Gasteiger partial charge in [-0.05, 0) is 13.0 Å². The number of aryl methyl sites for hydroxylation is 1. The van der Waals surface area contributed by atoms with Crippen molar-refractivity contribution in [2.75, 3.05) is 0 Å². The van der Waals surface area contributed by atoms with Crippen LogP contribution in [-0.2, 0) is 0 Å². The highest BCUT2D eigenvalue weighted by Crippen LogP contribution is 2.22. The van der Waals surface area contributed by atoms with Crippen molar-refractivity contribution < 1.29 is 4.92 Å². The average molecular weight is 173 g/mol. The third-order valence-electron chi connectivity index (χ3n) is 1.17. The predicted octanol–water partition coefficient (Wildman–Crippen LogP) is 1.95. The molecule has 58 valence electrons. The summed E-state index contributed by atoms with van der Waals surface area (Å²) in [5, 5.41) is 10.3. The maximum atomic E-state index is 10.2. The van der Waals surface area contributed by atoms with Crippen LogP contribution in [0.3, 0.4) is 0 Å². The number of hydrogen-bond donors (Lipinski definition) is 0. The summed E-state index contributed by atoms with van der Waals surface area (Å²) >= 11 is 5.54. The fraction of sp³-hybridized carbons (Fsp3) is 0.167. The van der Waals surface area contributed by atoms with Crippen LogP contribution in [0, 0.1) is 17.0 Å². The summed E-state index contributed by atoms with van der Waals surface area (Å²) in [6.07, 6.45) is 1.15. The van der Waals surface area contributed by atoms with Crippen LogP contribution >= 0.6 is 11.6 Å². The second-order valence-corrected chi connectivity index (χ2v) is 2.44. The van der Waals surface area contributed by atoms with E-state index in [0.29, 0.717) is 5.69 Å². The first kappa shape index (κ1) is 7.94. The van der Waals surface area contributed by atoms with E-state index in [9.17, 15) is 10.1 Å². The molecule has 0 amide bonds. The SMILES string of the molecule is Cc1cc(Cl)c([N+](=O)[O-])cn1. The Morgan fingerprint density at radius 1 is 1.73 bits per heavy atom. The van der Waals surface area contributed by atoms with Gasteiger partial charge in [0, 0.05) is 5.69 Å². The predicted molar refractivity (Wildman–Crippen MR) is 40.6 cm³/mol. The first-order valence-electron chi connectivity index (χ1n) is 2.88. The Morgan fingerprint density at radius 3 is 2.82 bits per heavy atom. The number of nitro groups is 1. The number of nitrogens with zero attached hydrogens (tertiary/aromatic N) is 2. The Morgan fingerprint density at radius 2 is 2.36 bits per heavy atom. The van der Waals surface area contributed by atoms with Crippen LogP contribution in [0.2, 0.25) is 5.02 Å². The number of aromatic nitrogens is 1. The first-order chi connectivity index (χ1) is 5.11. The number of pyridine rings is 1. The van der Waals surface area contributed by atoms with E-state index < -0.39 is 4.92 Å². The van der Waals surface area contributed by atoms with E-state index in [2.05, 4.69) is 4.98 Å². The molecular weight excluding hydrogens is 168 g/mol. The number of halogens is 1. The summed E-state index contributed by atoms with van der Waals surface area (Å²) in [6.45, 7) is 1.72. The summed E-state index contributed by atoms with van der Waals surface area (Å²) in [5.41, 5.74) is 0.512. The minimum absolute atomic E-state index is 0.127. The van der Waals surface area contributed by atoms with Gasteiger partial charge in [-0.3, -0.25) is 15.1 Å². The van der Waals surface area contributed by atoms with Gasteiger partial charge in [0.15, 0.2) is 0 Å². The third kappa shape index (κ3) is 1.65. The van der Waals surface area contributed by atoms with Crippen LogP contribution in [0.1, 0.15) is 5.69 Å². The van der Waals surface area contributed by atoms with Gasteiger partial charge in [0.2, 0.25) is 0 Å². The topological polar surface area (TPSA) is 56.0 Å². The van der Waals surface area contributed by atoms with Crippen LogP contribution in [0.4, 0.5) is 5.69 Å². The Labute approximate surface area is 68.0 Å². The molecule has 4 nitrogen and oxygen atoms in total. The lowest BCUT2D eigenvalue weighted by Crippen LogP contribution is -1.91. The van der Waals surface area contributed by atoms with E-state index in [1.165, 1.54) is 6.07 Å². The second-order valence-electron chi connectivity index (χ2n) is 2.03. The van der Waals surface area contributed by atoms with Gasteiger partial charge in [-0.25, -0.2) is 0 Å². The average Bonchev–Trinajstić information content (AvgIpc) is 1.85.